The number of aromatic nitrogens is 5. The Kier molecular flexibility index (Phi) is 6.47. The van der Waals surface area contributed by atoms with Gasteiger partial charge in [0.05, 0.1) is 17.3 Å². The lowest BCUT2D eigenvalue weighted by Gasteiger charge is -2.15. The average Bonchev–Trinajstić information content (AvgIpc) is 3.49. The van der Waals surface area contributed by atoms with Crippen LogP contribution in [0.15, 0.2) is 18.3 Å². The van der Waals surface area contributed by atoms with Gasteiger partial charge < -0.3 is 10.1 Å². The monoisotopic (exact) mass is 432 g/mol. The van der Waals surface area contributed by atoms with Crippen LogP contribution in [0.4, 0.5) is 14.6 Å². The van der Waals surface area contributed by atoms with E-state index in [0.29, 0.717) is 17.7 Å². The zero-order valence-electron chi connectivity index (χ0n) is 18.2. The Balaban J connectivity index is 0.00000132. The Morgan fingerprint density at radius 3 is 2.55 bits per heavy atom. The SMILES string of the molecule is CC.CC(C)Oc1cc(C(C)(F)F)nc(-n2nc(C3CC3)c3cnc(NC=O)cc32)n1. The van der Waals surface area contributed by atoms with E-state index in [4.69, 9.17) is 4.74 Å². The van der Waals surface area contributed by atoms with E-state index in [-0.39, 0.29) is 23.9 Å². The lowest BCUT2D eigenvalue weighted by Crippen LogP contribution is -2.16. The molecule has 3 aromatic rings. The van der Waals surface area contributed by atoms with Crippen molar-refractivity contribution >= 4 is 23.1 Å². The molecule has 8 nitrogen and oxygen atoms in total. The fourth-order valence-corrected chi connectivity index (χ4v) is 3.02. The van der Waals surface area contributed by atoms with E-state index in [9.17, 15) is 13.6 Å². The Labute approximate surface area is 179 Å². The largest absolute Gasteiger partial charge is 0.475 e. The van der Waals surface area contributed by atoms with Crippen LogP contribution in [0.1, 0.15) is 64.8 Å². The Morgan fingerprint density at radius 2 is 1.97 bits per heavy atom. The third-order valence-electron chi connectivity index (χ3n) is 4.45. The maximum Gasteiger partial charge on any atom is 0.287 e. The predicted octanol–water partition coefficient (Wildman–Crippen LogP) is 4.58. The predicted molar refractivity (Wildman–Crippen MR) is 113 cm³/mol. The van der Waals surface area contributed by atoms with Crippen molar-refractivity contribution in [2.75, 3.05) is 5.32 Å². The van der Waals surface area contributed by atoms with Crippen LogP contribution in [-0.2, 0) is 10.7 Å². The quantitative estimate of drug-likeness (QED) is 0.549. The van der Waals surface area contributed by atoms with Gasteiger partial charge in [-0.2, -0.15) is 23.5 Å². The van der Waals surface area contributed by atoms with Gasteiger partial charge in [-0.1, -0.05) is 13.8 Å². The van der Waals surface area contributed by atoms with Crippen LogP contribution in [0.2, 0.25) is 0 Å². The Hall–Kier alpha value is -3.17. The molecule has 1 saturated carbocycles. The number of anilines is 1. The highest BCUT2D eigenvalue weighted by atomic mass is 19.3. The summed E-state index contributed by atoms with van der Waals surface area (Å²) in [6, 6.07) is 2.75. The first-order chi connectivity index (χ1) is 14.8. The van der Waals surface area contributed by atoms with Gasteiger partial charge in [-0.15, -0.1) is 0 Å². The van der Waals surface area contributed by atoms with Gasteiger partial charge in [0.2, 0.25) is 12.3 Å². The summed E-state index contributed by atoms with van der Waals surface area (Å²) in [7, 11) is 0. The molecule has 1 aliphatic rings. The molecule has 0 aliphatic heterocycles. The molecule has 3 aromatic heterocycles. The second kappa shape index (κ2) is 8.91. The molecule has 1 fully saturated rings. The Morgan fingerprint density at radius 1 is 1.26 bits per heavy atom. The van der Waals surface area contributed by atoms with E-state index < -0.39 is 11.6 Å². The molecule has 0 spiro atoms. The van der Waals surface area contributed by atoms with E-state index in [1.807, 2.05) is 13.8 Å². The zero-order chi connectivity index (χ0) is 22.8. The number of nitrogens with one attached hydrogen (secondary N) is 1. The van der Waals surface area contributed by atoms with Crippen molar-refractivity contribution in [3.05, 3.63) is 29.7 Å². The maximum atomic E-state index is 14.1. The van der Waals surface area contributed by atoms with Crippen molar-refractivity contribution in [3.63, 3.8) is 0 Å². The number of nitrogens with zero attached hydrogens (tertiary/aromatic N) is 5. The second-order valence-corrected chi connectivity index (χ2v) is 7.37. The van der Waals surface area contributed by atoms with Crippen LogP contribution in [0.3, 0.4) is 0 Å². The number of ether oxygens (including phenoxy) is 1. The number of carbonyl (C=O) groups excluding carboxylic acids is 1. The van der Waals surface area contributed by atoms with Gasteiger partial charge in [0.1, 0.15) is 11.5 Å². The number of amides is 1. The van der Waals surface area contributed by atoms with Crippen LogP contribution >= 0.6 is 0 Å². The molecular formula is C21H26F2N6O2. The summed E-state index contributed by atoms with van der Waals surface area (Å²) in [6.45, 7) is 8.33. The lowest BCUT2D eigenvalue weighted by molar-refractivity contribution is -0.105. The molecule has 0 saturated heterocycles. The van der Waals surface area contributed by atoms with Crippen LogP contribution in [0.5, 0.6) is 5.88 Å². The van der Waals surface area contributed by atoms with Gasteiger partial charge in [-0.3, -0.25) is 4.79 Å². The average molecular weight is 432 g/mol. The van der Waals surface area contributed by atoms with Crippen molar-refractivity contribution in [1.29, 1.82) is 0 Å². The lowest BCUT2D eigenvalue weighted by atomic mass is 10.2. The molecule has 1 amide bonds. The molecule has 0 unspecified atom stereocenters. The third-order valence-corrected chi connectivity index (χ3v) is 4.45. The van der Waals surface area contributed by atoms with Gasteiger partial charge >= 0.3 is 0 Å². The number of hydrogen-bond donors (Lipinski definition) is 1. The molecule has 31 heavy (non-hydrogen) atoms. The highest BCUT2D eigenvalue weighted by Crippen LogP contribution is 2.43. The number of fused-ring (bicyclic) bond motifs is 1. The van der Waals surface area contributed by atoms with E-state index in [2.05, 4.69) is 25.4 Å². The maximum absolute atomic E-state index is 14.1. The van der Waals surface area contributed by atoms with Gasteiger partial charge in [0.25, 0.3) is 11.9 Å². The first kappa shape index (κ1) is 22.5. The number of rotatable bonds is 7. The minimum Gasteiger partial charge on any atom is -0.475 e. The van der Waals surface area contributed by atoms with Crippen LogP contribution in [0, 0.1) is 0 Å². The van der Waals surface area contributed by atoms with E-state index in [1.165, 1.54) is 4.68 Å². The molecule has 3 heterocycles. The molecule has 1 N–H and O–H groups in total. The summed E-state index contributed by atoms with van der Waals surface area (Å²) in [5, 5.41) is 7.86. The molecule has 166 valence electrons. The number of alkyl halides is 2. The number of hydrogen-bond acceptors (Lipinski definition) is 6. The van der Waals surface area contributed by atoms with Crippen molar-refractivity contribution in [2.45, 2.75) is 65.4 Å². The van der Waals surface area contributed by atoms with Crippen molar-refractivity contribution < 1.29 is 18.3 Å². The highest BCUT2D eigenvalue weighted by Gasteiger charge is 2.32. The minimum atomic E-state index is -3.18. The van der Waals surface area contributed by atoms with Crippen molar-refractivity contribution in [2.24, 2.45) is 0 Å². The van der Waals surface area contributed by atoms with E-state index >= 15 is 0 Å². The van der Waals surface area contributed by atoms with Gasteiger partial charge in [-0.25, -0.2) is 9.97 Å². The molecule has 0 atom stereocenters. The second-order valence-electron chi connectivity index (χ2n) is 7.37. The summed E-state index contributed by atoms with van der Waals surface area (Å²) in [5.74, 6) is -2.57. The fourth-order valence-electron chi connectivity index (χ4n) is 3.02. The van der Waals surface area contributed by atoms with Gasteiger partial charge in [-0.05, 0) is 26.7 Å². The molecule has 4 rings (SSSR count). The van der Waals surface area contributed by atoms with Gasteiger partial charge in [0, 0.05) is 36.6 Å². The van der Waals surface area contributed by atoms with Crippen LogP contribution in [-0.4, -0.2) is 37.2 Å². The number of pyridine rings is 1. The van der Waals surface area contributed by atoms with Crippen molar-refractivity contribution in [3.8, 4) is 11.8 Å². The third kappa shape index (κ3) is 4.95. The van der Waals surface area contributed by atoms with Gasteiger partial charge in [0.15, 0.2) is 0 Å². The molecule has 0 radical (unpaired) electrons. The smallest absolute Gasteiger partial charge is 0.287 e. The molecule has 10 heteroatoms. The summed E-state index contributed by atoms with van der Waals surface area (Å²) in [6.07, 6.45) is 3.87. The molecule has 0 aromatic carbocycles. The molecule has 1 aliphatic carbocycles. The number of carbonyl (C=O) groups is 1. The minimum absolute atomic E-state index is 0.0279. The van der Waals surface area contributed by atoms with E-state index in [0.717, 1.165) is 36.9 Å². The summed E-state index contributed by atoms with van der Waals surface area (Å²) in [5.41, 5.74) is 0.919. The summed E-state index contributed by atoms with van der Waals surface area (Å²) in [4.78, 5) is 23.3. The molecular weight excluding hydrogens is 406 g/mol. The first-order valence-corrected chi connectivity index (χ1v) is 10.3. The van der Waals surface area contributed by atoms with Crippen LogP contribution < -0.4 is 10.1 Å². The summed E-state index contributed by atoms with van der Waals surface area (Å²) >= 11 is 0. The topological polar surface area (TPSA) is 94.8 Å². The first-order valence-electron chi connectivity index (χ1n) is 10.3. The van der Waals surface area contributed by atoms with E-state index in [1.54, 1.807) is 26.1 Å². The van der Waals surface area contributed by atoms with Crippen LogP contribution in [0.25, 0.3) is 16.9 Å². The zero-order valence-corrected chi connectivity index (χ0v) is 18.2. The van der Waals surface area contributed by atoms with Crippen molar-refractivity contribution in [1.82, 2.24) is 24.7 Å². The standard InChI is InChI=1S/C19H20F2N6O2.C2H6/c1-10(2)29-16-7-14(19(3,20)21)24-18(25-16)27-13-6-15(23-9-28)22-8-12(13)17(26-27)11-4-5-11;1-2/h6-11H,4-5H2,1-3H3,(H,22,23,28);1-2H3. The molecule has 0 bridgehead atoms. The summed E-state index contributed by atoms with van der Waals surface area (Å²) < 4.78 is 35.1. The normalized spacial score (nSPS) is 13.7. The highest BCUT2D eigenvalue weighted by molar-refractivity contribution is 5.86. The number of halogens is 2. The fraction of sp³-hybridized carbons (Fsp3) is 0.476. The Bertz CT molecular complexity index is 1070.